The van der Waals surface area contributed by atoms with Crippen molar-refractivity contribution in [3.8, 4) is 0 Å². The van der Waals surface area contributed by atoms with Crippen molar-refractivity contribution in [2.45, 2.75) is 26.3 Å². The molecule has 1 amide bonds. The van der Waals surface area contributed by atoms with Crippen molar-refractivity contribution >= 4 is 21.6 Å². The Kier molecular flexibility index (Phi) is 5.50. The summed E-state index contributed by atoms with van der Waals surface area (Å²) < 4.78 is 38.7. The minimum absolute atomic E-state index is 0.117. The standard InChI is InChI=1S/C13H19FN2O3S/c1-4-11(13(17)15-5-2)16(20(3,18)19)12-9-7-6-8-10(12)14/h6-9,11H,4-5H2,1-3H3,(H,15,17). The van der Waals surface area contributed by atoms with E-state index in [-0.39, 0.29) is 12.1 Å². The number of amides is 1. The van der Waals surface area contributed by atoms with Gasteiger partial charge in [0.05, 0.1) is 11.9 Å². The quantitative estimate of drug-likeness (QED) is 0.866. The number of hydrogen-bond acceptors (Lipinski definition) is 3. The molecule has 1 aromatic carbocycles. The normalized spacial score (nSPS) is 12.8. The second-order valence-electron chi connectivity index (χ2n) is 4.33. The van der Waals surface area contributed by atoms with E-state index in [4.69, 9.17) is 0 Å². The van der Waals surface area contributed by atoms with Crippen LogP contribution in [0, 0.1) is 5.82 Å². The van der Waals surface area contributed by atoms with Crippen molar-refractivity contribution in [3.63, 3.8) is 0 Å². The molecule has 1 atom stereocenters. The van der Waals surface area contributed by atoms with Crippen molar-refractivity contribution < 1.29 is 17.6 Å². The van der Waals surface area contributed by atoms with E-state index in [1.165, 1.54) is 18.2 Å². The molecule has 0 aromatic heterocycles. The summed E-state index contributed by atoms with van der Waals surface area (Å²) in [6.07, 6.45) is 1.20. The molecule has 0 saturated carbocycles. The number of nitrogens with one attached hydrogen (secondary N) is 1. The van der Waals surface area contributed by atoms with E-state index in [2.05, 4.69) is 5.32 Å². The highest BCUT2D eigenvalue weighted by Gasteiger charge is 2.32. The average molecular weight is 302 g/mol. The smallest absolute Gasteiger partial charge is 0.243 e. The molecule has 0 saturated heterocycles. The molecule has 7 heteroatoms. The Labute approximate surface area is 118 Å². The van der Waals surface area contributed by atoms with E-state index in [9.17, 15) is 17.6 Å². The third-order valence-corrected chi connectivity index (χ3v) is 3.94. The molecule has 1 aromatic rings. The number of halogens is 1. The Morgan fingerprint density at radius 1 is 1.35 bits per heavy atom. The van der Waals surface area contributed by atoms with Gasteiger partial charge in [-0.2, -0.15) is 0 Å². The molecule has 0 spiro atoms. The summed E-state index contributed by atoms with van der Waals surface area (Å²) >= 11 is 0. The molecule has 0 aliphatic carbocycles. The van der Waals surface area contributed by atoms with Crippen LogP contribution in [0.1, 0.15) is 20.3 Å². The van der Waals surface area contributed by atoms with Crippen LogP contribution < -0.4 is 9.62 Å². The predicted octanol–water partition coefficient (Wildman–Crippen LogP) is 1.51. The fourth-order valence-electron chi connectivity index (χ4n) is 1.96. The third kappa shape index (κ3) is 3.69. The number of sulfonamides is 1. The molecule has 0 radical (unpaired) electrons. The molecule has 5 nitrogen and oxygen atoms in total. The van der Waals surface area contributed by atoms with Crippen LogP contribution >= 0.6 is 0 Å². The highest BCUT2D eigenvalue weighted by Crippen LogP contribution is 2.25. The first-order valence-electron chi connectivity index (χ1n) is 6.34. The second kappa shape index (κ2) is 6.69. The van der Waals surface area contributed by atoms with Gasteiger partial charge in [0.15, 0.2) is 0 Å². The van der Waals surface area contributed by atoms with Gasteiger partial charge in [-0.15, -0.1) is 0 Å². The number of anilines is 1. The molecule has 0 heterocycles. The fraction of sp³-hybridized carbons (Fsp3) is 0.462. The van der Waals surface area contributed by atoms with Crippen LogP contribution in [-0.2, 0) is 14.8 Å². The van der Waals surface area contributed by atoms with Crippen molar-refractivity contribution in [2.75, 3.05) is 17.1 Å². The van der Waals surface area contributed by atoms with Crippen molar-refractivity contribution in [2.24, 2.45) is 0 Å². The lowest BCUT2D eigenvalue weighted by Crippen LogP contribution is -2.49. The number of nitrogens with zero attached hydrogens (tertiary/aromatic N) is 1. The van der Waals surface area contributed by atoms with Gasteiger partial charge in [-0.1, -0.05) is 19.1 Å². The van der Waals surface area contributed by atoms with E-state index in [0.29, 0.717) is 6.54 Å². The van der Waals surface area contributed by atoms with Gasteiger partial charge in [0, 0.05) is 6.54 Å². The first-order valence-corrected chi connectivity index (χ1v) is 8.19. The highest BCUT2D eigenvalue weighted by atomic mass is 32.2. The van der Waals surface area contributed by atoms with Gasteiger partial charge >= 0.3 is 0 Å². The van der Waals surface area contributed by atoms with Gasteiger partial charge in [-0.05, 0) is 25.5 Å². The molecule has 0 aliphatic heterocycles. The Balaban J connectivity index is 3.33. The summed E-state index contributed by atoms with van der Waals surface area (Å²) in [4.78, 5) is 12.0. The summed E-state index contributed by atoms with van der Waals surface area (Å²) in [6.45, 7) is 3.79. The van der Waals surface area contributed by atoms with Crippen molar-refractivity contribution in [1.29, 1.82) is 0 Å². The third-order valence-electron chi connectivity index (χ3n) is 2.77. The molecule has 0 bridgehead atoms. The molecule has 112 valence electrons. The van der Waals surface area contributed by atoms with Gasteiger partial charge in [-0.3, -0.25) is 9.10 Å². The summed E-state index contributed by atoms with van der Waals surface area (Å²) in [7, 11) is -3.78. The van der Waals surface area contributed by atoms with E-state index < -0.39 is 27.8 Å². The lowest BCUT2D eigenvalue weighted by atomic mass is 10.2. The van der Waals surface area contributed by atoms with Crippen LogP contribution in [0.3, 0.4) is 0 Å². The lowest BCUT2D eigenvalue weighted by Gasteiger charge is -2.30. The molecular formula is C13H19FN2O3S. The fourth-order valence-corrected chi connectivity index (χ4v) is 3.17. The molecule has 0 aliphatic rings. The Morgan fingerprint density at radius 3 is 2.40 bits per heavy atom. The Bertz CT molecular complexity index is 575. The SMILES string of the molecule is CCNC(=O)C(CC)N(c1ccccc1F)S(C)(=O)=O. The number of likely N-dealkylation sites (N-methyl/N-ethyl adjacent to an activating group) is 1. The number of carbonyl (C=O) groups excluding carboxylic acids is 1. The predicted molar refractivity (Wildman–Crippen MR) is 76.5 cm³/mol. The zero-order valence-electron chi connectivity index (χ0n) is 11.8. The molecule has 1 unspecified atom stereocenters. The van der Waals surface area contributed by atoms with Crippen molar-refractivity contribution in [3.05, 3.63) is 30.1 Å². The van der Waals surface area contributed by atoms with E-state index >= 15 is 0 Å². The topological polar surface area (TPSA) is 66.5 Å². The minimum atomic E-state index is -3.78. The summed E-state index contributed by atoms with van der Waals surface area (Å²) in [5.41, 5.74) is -0.117. The number of para-hydroxylation sites is 1. The maximum absolute atomic E-state index is 13.9. The number of carbonyl (C=O) groups is 1. The van der Waals surface area contributed by atoms with Crippen LogP contribution in [0.4, 0.5) is 10.1 Å². The zero-order valence-corrected chi connectivity index (χ0v) is 12.6. The zero-order chi connectivity index (χ0) is 15.3. The van der Waals surface area contributed by atoms with Crippen LogP contribution in [0.5, 0.6) is 0 Å². The highest BCUT2D eigenvalue weighted by molar-refractivity contribution is 7.92. The van der Waals surface area contributed by atoms with Gasteiger partial charge in [0.25, 0.3) is 0 Å². The molecule has 1 rings (SSSR count). The van der Waals surface area contributed by atoms with Gasteiger partial charge in [0.2, 0.25) is 15.9 Å². The molecule has 1 N–H and O–H groups in total. The summed E-state index contributed by atoms with van der Waals surface area (Å²) in [5.74, 6) is -1.12. The molecule has 20 heavy (non-hydrogen) atoms. The van der Waals surface area contributed by atoms with Crippen LogP contribution in [0.25, 0.3) is 0 Å². The van der Waals surface area contributed by atoms with Gasteiger partial charge < -0.3 is 5.32 Å². The van der Waals surface area contributed by atoms with Crippen LogP contribution in [-0.4, -0.2) is 33.2 Å². The van der Waals surface area contributed by atoms with Crippen LogP contribution in [0.15, 0.2) is 24.3 Å². The second-order valence-corrected chi connectivity index (χ2v) is 6.19. The summed E-state index contributed by atoms with van der Waals surface area (Å²) in [6, 6.07) is 4.53. The summed E-state index contributed by atoms with van der Waals surface area (Å²) in [5, 5.41) is 2.57. The maximum atomic E-state index is 13.9. The number of benzene rings is 1. The Morgan fingerprint density at radius 2 is 1.95 bits per heavy atom. The van der Waals surface area contributed by atoms with Crippen molar-refractivity contribution in [1.82, 2.24) is 5.32 Å². The monoisotopic (exact) mass is 302 g/mol. The first-order chi connectivity index (χ1) is 9.32. The van der Waals surface area contributed by atoms with E-state index in [1.54, 1.807) is 13.8 Å². The minimum Gasteiger partial charge on any atom is -0.355 e. The van der Waals surface area contributed by atoms with Gasteiger partial charge in [-0.25, -0.2) is 12.8 Å². The van der Waals surface area contributed by atoms with E-state index in [0.717, 1.165) is 16.6 Å². The number of rotatable bonds is 6. The average Bonchev–Trinajstić information content (AvgIpc) is 2.36. The van der Waals surface area contributed by atoms with Gasteiger partial charge in [0.1, 0.15) is 11.9 Å². The molecular weight excluding hydrogens is 283 g/mol. The lowest BCUT2D eigenvalue weighted by molar-refractivity contribution is -0.122. The molecule has 0 fully saturated rings. The van der Waals surface area contributed by atoms with Crippen LogP contribution in [0.2, 0.25) is 0 Å². The maximum Gasteiger partial charge on any atom is 0.243 e. The Hall–Kier alpha value is -1.63. The van der Waals surface area contributed by atoms with E-state index in [1.807, 2.05) is 0 Å². The largest absolute Gasteiger partial charge is 0.355 e. The first kappa shape index (κ1) is 16.4. The number of hydrogen-bond donors (Lipinski definition) is 1.